The second-order valence-electron chi connectivity index (χ2n) is 6.53. The van der Waals surface area contributed by atoms with E-state index in [0.29, 0.717) is 11.4 Å². The van der Waals surface area contributed by atoms with Crippen molar-refractivity contribution < 1.29 is 26.5 Å². The average molecular weight is 617 g/mol. The Kier molecular flexibility index (Phi) is 8.47. The number of alkyl halides is 3. The Morgan fingerprint density at radius 3 is 2.67 bits per heavy atom. The van der Waals surface area contributed by atoms with Gasteiger partial charge < -0.3 is 9.50 Å². The van der Waals surface area contributed by atoms with Crippen LogP contribution in [-0.4, -0.2) is 37.5 Å². The highest BCUT2D eigenvalue weighted by Gasteiger charge is 2.35. The molecule has 176 valence electrons. The van der Waals surface area contributed by atoms with Gasteiger partial charge in [-0.15, -0.1) is 5.10 Å². The third kappa shape index (κ3) is 6.10. The van der Waals surface area contributed by atoms with Crippen LogP contribution in [0.4, 0.5) is 17.6 Å². The summed E-state index contributed by atoms with van der Waals surface area (Å²) < 4.78 is 59.1. The molecule has 0 aliphatic heterocycles. The Labute approximate surface area is 206 Å². The molecule has 0 saturated heterocycles. The third-order valence-electron chi connectivity index (χ3n) is 4.36. The monoisotopic (exact) mass is 616 g/mol. The Balaban J connectivity index is 1.90. The molecule has 0 radical (unpaired) electrons. The van der Waals surface area contributed by atoms with Gasteiger partial charge in [0.2, 0.25) is 0 Å². The number of amides is 1. The van der Waals surface area contributed by atoms with Crippen molar-refractivity contribution >= 4 is 47.9 Å². The summed E-state index contributed by atoms with van der Waals surface area (Å²) >= 11 is 7.80. The molecular formula is C18H14ClF4IN6O2S. The molecule has 2 heterocycles. The Morgan fingerprint density at radius 1 is 1.33 bits per heavy atom. The van der Waals surface area contributed by atoms with Gasteiger partial charge in [-0.1, -0.05) is 22.9 Å². The van der Waals surface area contributed by atoms with E-state index in [1.807, 2.05) is 21.2 Å². The molecule has 0 saturated carbocycles. The van der Waals surface area contributed by atoms with E-state index in [1.54, 1.807) is 6.92 Å². The van der Waals surface area contributed by atoms with Gasteiger partial charge in [-0.2, -0.15) is 17.9 Å². The van der Waals surface area contributed by atoms with Crippen molar-refractivity contribution in [2.45, 2.75) is 25.6 Å². The zero-order valence-corrected chi connectivity index (χ0v) is 20.3. The maximum Gasteiger partial charge on any atom is 0.417 e. The highest BCUT2D eigenvalue weighted by molar-refractivity contribution is 14.2. The minimum absolute atomic E-state index is 0.0479. The van der Waals surface area contributed by atoms with Crippen molar-refractivity contribution in [3.8, 4) is 5.95 Å². The highest BCUT2D eigenvalue weighted by Crippen LogP contribution is 2.36. The van der Waals surface area contributed by atoms with Gasteiger partial charge in [-0.3, -0.25) is 4.79 Å². The van der Waals surface area contributed by atoms with Crippen molar-refractivity contribution in [1.82, 2.24) is 30.3 Å². The van der Waals surface area contributed by atoms with E-state index < -0.39 is 34.5 Å². The normalized spacial score (nSPS) is 12.6. The fourth-order valence-electron chi connectivity index (χ4n) is 2.90. The summed E-state index contributed by atoms with van der Waals surface area (Å²) in [6.45, 7) is 1.83. The first kappa shape index (κ1) is 25.6. The maximum atomic E-state index is 13.2. The molecule has 3 aromatic rings. The van der Waals surface area contributed by atoms with Crippen LogP contribution in [0.15, 0.2) is 30.6 Å². The van der Waals surface area contributed by atoms with Crippen LogP contribution in [0.2, 0.25) is 5.02 Å². The van der Waals surface area contributed by atoms with Gasteiger partial charge in [0.15, 0.2) is 5.82 Å². The smallest absolute Gasteiger partial charge is 0.344 e. The molecular weight excluding hydrogens is 603 g/mol. The lowest BCUT2D eigenvalue weighted by molar-refractivity contribution is -0.137. The van der Waals surface area contributed by atoms with E-state index in [-0.39, 0.29) is 24.5 Å². The van der Waals surface area contributed by atoms with E-state index >= 15 is 0 Å². The Morgan fingerprint density at radius 2 is 2.03 bits per heavy atom. The number of rotatable bonds is 8. The molecule has 0 bridgehead atoms. The fourth-order valence-corrected chi connectivity index (χ4v) is 3.90. The largest absolute Gasteiger partial charge is 0.417 e. The summed E-state index contributed by atoms with van der Waals surface area (Å²) in [5.41, 5.74) is -0.673. The number of nitrogens with one attached hydrogen (secondary N) is 1. The zero-order chi connectivity index (χ0) is 24.2. The number of carbonyl (C=O) groups is 1. The topological polar surface area (TPSA) is 94.8 Å². The number of hydrogen-bond donors (Lipinski definition) is 1. The average Bonchev–Trinajstić information content (AvgIpc) is 3.17. The van der Waals surface area contributed by atoms with Crippen LogP contribution in [0.25, 0.3) is 5.95 Å². The molecule has 33 heavy (non-hydrogen) atoms. The molecule has 1 N–H and O–H groups in total. The molecule has 15 heteroatoms. The molecule has 8 nitrogen and oxygen atoms in total. The Hall–Kier alpha value is -2.04. The van der Waals surface area contributed by atoms with Crippen molar-refractivity contribution in [2.75, 3.05) is 6.61 Å². The fraction of sp³-hybridized carbons (Fsp3) is 0.278. The lowest BCUT2D eigenvalue weighted by atomic mass is 10.1. The summed E-state index contributed by atoms with van der Waals surface area (Å²) in [5.74, 6) is -1.41. The molecule has 3 rings (SSSR count). The highest BCUT2D eigenvalue weighted by atomic mass is 127. The maximum absolute atomic E-state index is 13.2. The summed E-state index contributed by atoms with van der Waals surface area (Å²) in [6, 6.07) is 2.30. The predicted molar refractivity (Wildman–Crippen MR) is 121 cm³/mol. The van der Waals surface area contributed by atoms with Crippen molar-refractivity contribution in [1.29, 1.82) is 0 Å². The molecule has 1 atom stereocenters. The number of hydrogen-bond acceptors (Lipinski definition) is 7. The summed E-state index contributed by atoms with van der Waals surface area (Å²) in [5, 5.41) is 9.93. The van der Waals surface area contributed by atoms with Crippen LogP contribution in [0.3, 0.4) is 0 Å². The number of halogens is 6. The summed E-state index contributed by atoms with van der Waals surface area (Å²) in [6.07, 6.45) is -2.50. The van der Waals surface area contributed by atoms with E-state index in [0.717, 1.165) is 33.7 Å². The van der Waals surface area contributed by atoms with E-state index in [1.165, 1.54) is 10.7 Å². The quantitative estimate of drug-likeness (QED) is 0.166. The molecule has 0 fully saturated rings. The lowest BCUT2D eigenvalue weighted by Crippen LogP contribution is -2.28. The van der Waals surface area contributed by atoms with Gasteiger partial charge in [-0.25, -0.2) is 14.4 Å². The second kappa shape index (κ2) is 10.9. The van der Waals surface area contributed by atoms with E-state index in [4.69, 9.17) is 15.8 Å². The minimum atomic E-state index is -4.71. The third-order valence-corrected chi connectivity index (χ3v) is 5.79. The van der Waals surface area contributed by atoms with Crippen molar-refractivity contribution in [3.63, 3.8) is 0 Å². The van der Waals surface area contributed by atoms with Gasteiger partial charge in [0, 0.05) is 27.6 Å². The molecule has 1 aromatic carbocycles. The van der Waals surface area contributed by atoms with E-state index in [2.05, 4.69) is 25.6 Å². The first-order chi connectivity index (χ1) is 15.6. The number of carbonyl (C=O) groups excluding carboxylic acids is 1. The number of nitrogens with zero attached hydrogens (tertiary/aromatic N) is 5. The van der Waals surface area contributed by atoms with Crippen LogP contribution in [-0.2, 0) is 16.8 Å². The summed E-state index contributed by atoms with van der Waals surface area (Å²) in [7, 11) is 1.12. The number of benzene rings is 1. The molecule has 0 spiro atoms. The first-order valence-electron chi connectivity index (χ1n) is 9.12. The van der Waals surface area contributed by atoms with Crippen LogP contribution >= 0.6 is 42.0 Å². The van der Waals surface area contributed by atoms with E-state index in [9.17, 15) is 22.4 Å². The molecule has 0 aliphatic carbocycles. The van der Waals surface area contributed by atoms with Gasteiger partial charge in [-0.05, 0) is 19.1 Å². The van der Waals surface area contributed by atoms with Crippen LogP contribution in [0, 0.1) is 5.82 Å². The van der Waals surface area contributed by atoms with Crippen LogP contribution in [0.5, 0.6) is 0 Å². The van der Waals surface area contributed by atoms with Gasteiger partial charge >= 0.3 is 6.18 Å². The molecule has 0 aliphatic rings. The van der Waals surface area contributed by atoms with Gasteiger partial charge in [0.05, 0.1) is 56.1 Å². The second-order valence-corrected chi connectivity index (χ2v) is 8.35. The molecule has 0 unspecified atom stereocenters. The Bertz CT molecular complexity index is 1130. The van der Waals surface area contributed by atoms with Crippen LogP contribution in [0.1, 0.15) is 40.3 Å². The SMILES string of the molecule is C[C@@H](NC(=O)c1cccc(C(F)(F)F)c1Cl)c1nnn(-c2ncc(F)cn2)c1CCOSI. The zero-order valence-electron chi connectivity index (χ0n) is 16.6. The molecule has 2 aromatic heterocycles. The lowest BCUT2D eigenvalue weighted by Gasteiger charge is -2.16. The first-order valence-corrected chi connectivity index (χ1v) is 12.8. The standard InChI is InChI=1S/C18H14ClF4IN6O2S/c1-9(27-16(31)11-3-2-4-12(14(11)19)18(21,22)23)15-13(5-6-32-33-24)30(29-28-15)17-25-7-10(20)8-26-17/h2-4,7-9H,5-6H2,1H3,(H,27,31)/t9-/m1/s1. The summed E-state index contributed by atoms with van der Waals surface area (Å²) in [4.78, 5) is 20.5. The minimum Gasteiger partial charge on any atom is -0.344 e. The van der Waals surface area contributed by atoms with Crippen molar-refractivity contribution in [2.24, 2.45) is 0 Å². The van der Waals surface area contributed by atoms with Gasteiger partial charge in [0.25, 0.3) is 11.9 Å². The van der Waals surface area contributed by atoms with Gasteiger partial charge in [0.1, 0.15) is 5.69 Å². The molecule has 1 amide bonds. The number of aromatic nitrogens is 5. The van der Waals surface area contributed by atoms with Crippen molar-refractivity contribution in [3.05, 3.63) is 63.9 Å². The predicted octanol–water partition coefficient (Wildman–Crippen LogP) is 4.92. The van der Waals surface area contributed by atoms with Crippen LogP contribution < -0.4 is 5.32 Å².